The summed E-state index contributed by atoms with van der Waals surface area (Å²) in [6.07, 6.45) is 6.37. The minimum atomic E-state index is 0.713. The predicted octanol–water partition coefficient (Wildman–Crippen LogP) is 0.780. The molecular formula is C9H12N4. The number of nitrogens with zero attached hydrogens (tertiary/aromatic N) is 3. The van der Waals surface area contributed by atoms with Crippen molar-refractivity contribution >= 4 is 11.0 Å². The molecule has 0 amide bonds. The van der Waals surface area contributed by atoms with Crippen LogP contribution in [-0.2, 0) is 6.54 Å². The second-order valence-corrected chi connectivity index (χ2v) is 2.94. The number of rotatable bonds is 3. The first kappa shape index (κ1) is 8.19. The first-order valence-corrected chi connectivity index (χ1v) is 4.37. The molecule has 0 aromatic carbocycles. The van der Waals surface area contributed by atoms with Crippen LogP contribution in [0.3, 0.4) is 0 Å². The van der Waals surface area contributed by atoms with Crippen molar-refractivity contribution in [1.82, 2.24) is 14.5 Å². The summed E-state index contributed by atoms with van der Waals surface area (Å²) < 4.78 is 2.10. The van der Waals surface area contributed by atoms with E-state index in [1.807, 2.05) is 12.4 Å². The van der Waals surface area contributed by atoms with Gasteiger partial charge in [-0.1, -0.05) is 0 Å². The highest BCUT2D eigenvalue weighted by molar-refractivity contribution is 5.73. The summed E-state index contributed by atoms with van der Waals surface area (Å²) in [5.74, 6) is 0. The van der Waals surface area contributed by atoms with Crippen LogP contribution in [0.5, 0.6) is 0 Å². The number of imidazole rings is 1. The fraction of sp³-hybridized carbons (Fsp3) is 0.333. The van der Waals surface area contributed by atoms with Gasteiger partial charge in [-0.05, 0) is 19.0 Å². The third-order valence-corrected chi connectivity index (χ3v) is 2.03. The van der Waals surface area contributed by atoms with E-state index in [-0.39, 0.29) is 0 Å². The third-order valence-electron chi connectivity index (χ3n) is 2.03. The highest BCUT2D eigenvalue weighted by atomic mass is 15.0. The van der Waals surface area contributed by atoms with E-state index in [2.05, 4.69) is 14.5 Å². The van der Waals surface area contributed by atoms with E-state index in [1.165, 1.54) is 0 Å². The Labute approximate surface area is 76.4 Å². The molecule has 0 bridgehead atoms. The van der Waals surface area contributed by atoms with Crippen LogP contribution in [-0.4, -0.2) is 21.1 Å². The molecule has 2 heterocycles. The minimum Gasteiger partial charge on any atom is -0.330 e. The maximum Gasteiger partial charge on any atom is 0.107 e. The molecule has 0 saturated heterocycles. The SMILES string of the molecule is NCCCn1cnc2cnccc21. The maximum atomic E-state index is 5.44. The van der Waals surface area contributed by atoms with Crippen LogP contribution in [0, 0.1) is 0 Å². The van der Waals surface area contributed by atoms with Gasteiger partial charge in [0.1, 0.15) is 5.52 Å². The van der Waals surface area contributed by atoms with Crippen molar-refractivity contribution in [1.29, 1.82) is 0 Å². The molecular weight excluding hydrogens is 164 g/mol. The first-order valence-electron chi connectivity index (χ1n) is 4.37. The molecule has 0 saturated carbocycles. The van der Waals surface area contributed by atoms with Gasteiger partial charge in [0.15, 0.2) is 0 Å². The van der Waals surface area contributed by atoms with Crippen LogP contribution >= 0.6 is 0 Å². The Morgan fingerprint density at radius 2 is 2.38 bits per heavy atom. The zero-order valence-corrected chi connectivity index (χ0v) is 7.35. The number of aryl methyl sites for hydroxylation is 1. The summed E-state index contributed by atoms with van der Waals surface area (Å²) in [4.78, 5) is 8.24. The van der Waals surface area contributed by atoms with Crippen molar-refractivity contribution in [3.05, 3.63) is 24.8 Å². The summed E-state index contributed by atoms with van der Waals surface area (Å²) in [5, 5.41) is 0. The molecule has 0 aliphatic carbocycles. The molecule has 0 aliphatic rings. The lowest BCUT2D eigenvalue weighted by molar-refractivity contribution is 0.666. The third kappa shape index (κ3) is 1.53. The summed E-state index contributed by atoms with van der Waals surface area (Å²) >= 11 is 0. The van der Waals surface area contributed by atoms with Crippen molar-refractivity contribution in [2.75, 3.05) is 6.54 Å². The van der Waals surface area contributed by atoms with Crippen molar-refractivity contribution in [3.63, 3.8) is 0 Å². The molecule has 68 valence electrons. The number of pyridine rings is 1. The quantitative estimate of drug-likeness (QED) is 0.751. The molecule has 2 aromatic heterocycles. The molecule has 2 rings (SSSR count). The van der Waals surface area contributed by atoms with Crippen LogP contribution < -0.4 is 5.73 Å². The Balaban J connectivity index is 2.35. The number of hydrogen-bond donors (Lipinski definition) is 1. The average Bonchev–Trinajstić information content (AvgIpc) is 2.58. The topological polar surface area (TPSA) is 56.7 Å². The highest BCUT2D eigenvalue weighted by Gasteiger charge is 1.99. The molecule has 4 nitrogen and oxygen atoms in total. The van der Waals surface area contributed by atoms with Crippen LogP contribution in [0.2, 0.25) is 0 Å². The molecule has 0 radical (unpaired) electrons. The molecule has 0 fully saturated rings. The van der Waals surface area contributed by atoms with Gasteiger partial charge in [0.05, 0.1) is 18.0 Å². The van der Waals surface area contributed by atoms with Crippen LogP contribution in [0.15, 0.2) is 24.8 Å². The van der Waals surface area contributed by atoms with Gasteiger partial charge >= 0.3 is 0 Å². The molecule has 0 atom stereocenters. The predicted molar refractivity (Wildman–Crippen MR) is 51.2 cm³/mol. The van der Waals surface area contributed by atoms with Crippen LogP contribution in [0.1, 0.15) is 6.42 Å². The lowest BCUT2D eigenvalue weighted by Crippen LogP contribution is -2.04. The van der Waals surface area contributed by atoms with E-state index in [0.717, 1.165) is 24.0 Å². The molecule has 0 aliphatic heterocycles. The van der Waals surface area contributed by atoms with E-state index < -0.39 is 0 Å². The normalized spacial score (nSPS) is 10.8. The number of fused-ring (bicyclic) bond motifs is 1. The molecule has 2 aromatic rings. The average molecular weight is 176 g/mol. The molecule has 0 unspecified atom stereocenters. The van der Waals surface area contributed by atoms with E-state index in [4.69, 9.17) is 5.73 Å². The maximum absolute atomic E-state index is 5.44. The summed E-state index contributed by atoms with van der Waals surface area (Å²) in [6, 6.07) is 1.97. The van der Waals surface area contributed by atoms with Crippen molar-refractivity contribution < 1.29 is 0 Å². The van der Waals surface area contributed by atoms with Crippen molar-refractivity contribution in [2.24, 2.45) is 5.73 Å². The smallest absolute Gasteiger partial charge is 0.107 e. The second kappa shape index (κ2) is 3.53. The fourth-order valence-electron chi connectivity index (χ4n) is 1.36. The van der Waals surface area contributed by atoms with E-state index in [0.29, 0.717) is 6.54 Å². The Hall–Kier alpha value is -1.42. The van der Waals surface area contributed by atoms with Crippen LogP contribution in [0.25, 0.3) is 11.0 Å². The number of hydrogen-bond acceptors (Lipinski definition) is 3. The zero-order valence-electron chi connectivity index (χ0n) is 7.35. The zero-order chi connectivity index (χ0) is 9.10. The summed E-state index contributed by atoms with van der Waals surface area (Å²) in [7, 11) is 0. The standard InChI is InChI=1S/C9H12N4/c10-3-1-5-13-7-12-8-6-11-4-2-9(8)13/h2,4,6-7H,1,3,5,10H2. The van der Waals surface area contributed by atoms with E-state index in [1.54, 1.807) is 12.4 Å². The molecule has 13 heavy (non-hydrogen) atoms. The van der Waals surface area contributed by atoms with Crippen LogP contribution in [0.4, 0.5) is 0 Å². The van der Waals surface area contributed by atoms with E-state index >= 15 is 0 Å². The Bertz CT molecular complexity index is 393. The Kier molecular flexibility index (Phi) is 2.23. The van der Waals surface area contributed by atoms with Gasteiger partial charge in [0.2, 0.25) is 0 Å². The Morgan fingerprint density at radius 3 is 3.23 bits per heavy atom. The second-order valence-electron chi connectivity index (χ2n) is 2.94. The monoisotopic (exact) mass is 176 g/mol. The minimum absolute atomic E-state index is 0.713. The number of aromatic nitrogens is 3. The van der Waals surface area contributed by atoms with Gasteiger partial charge in [-0.15, -0.1) is 0 Å². The molecule has 4 heteroatoms. The number of nitrogens with two attached hydrogens (primary N) is 1. The highest BCUT2D eigenvalue weighted by Crippen LogP contribution is 2.10. The first-order chi connectivity index (χ1) is 6.42. The molecule has 0 spiro atoms. The van der Waals surface area contributed by atoms with Gasteiger partial charge in [-0.2, -0.15) is 0 Å². The van der Waals surface area contributed by atoms with Crippen molar-refractivity contribution in [3.8, 4) is 0 Å². The Morgan fingerprint density at radius 1 is 1.46 bits per heavy atom. The van der Waals surface area contributed by atoms with Gasteiger partial charge in [0, 0.05) is 12.7 Å². The summed E-state index contributed by atoms with van der Waals surface area (Å²) in [6.45, 7) is 1.64. The van der Waals surface area contributed by atoms with E-state index in [9.17, 15) is 0 Å². The molecule has 2 N–H and O–H groups in total. The lowest BCUT2D eigenvalue weighted by atomic mass is 10.4. The summed E-state index contributed by atoms with van der Waals surface area (Å²) in [5.41, 5.74) is 7.52. The fourth-order valence-corrected chi connectivity index (χ4v) is 1.36. The largest absolute Gasteiger partial charge is 0.330 e. The van der Waals surface area contributed by atoms with Gasteiger partial charge in [-0.25, -0.2) is 4.98 Å². The van der Waals surface area contributed by atoms with Crippen molar-refractivity contribution in [2.45, 2.75) is 13.0 Å². The van der Waals surface area contributed by atoms with Gasteiger partial charge in [-0.3, -0.25) is 4.98 Å². The van der Waals surface area contributed by atoms with Gasteiger partial charge < -0.3 is 10.3 Å². The van der Waals surface area contributed by atoms with Gasteiger partial charge in [0.25, 0.3) is 0 Å². The lowest BCUT2D eigenvalue weighted by Gasteiger charge is -2.00.